The van der Waals surface area contributed by atoms with Gasteiger partial charge >= 0.3 is 0 Å². The Balaban J connectivity index is 2.34. The first-order valence-corrected chi connectivity index (χ1v) is 6.75. The monoisotopic (exact) mass is 325 g/mol. The third-order valence-electron chi connectivity index (χ3n) is 3.26. The smallest absolute Gasteiger partial charge is 0.137 e. The first-order chi connectivity index (χ1) is 9.00. The van der Waals surface area contributed by atoms with E-state index in [1.807, 2.05) is 37.3 Å². The van der Waals surface area contributed by atoms with Crippen molar-refractivity contribution in [3.05, 3.63) is 69.7 Å². The van der Waals surface area contributed by atoms with Gasteiger partial charge in [0, 0.05) is 17.5 Å². The van der Waals surface area contributed by atoms with Crippen LogP contribution in [0.4, 0.5) is 8.78 Å². The Hall–Kier alpha value is -1.26. The van der Waals surface area contributed by atoms with Crippen LogP contribution in [-0.2, 0) is 0 Å². The molecule has 2 rings (SSSR count). The predicted molar refractivity (Wildman–Crippen MR) is 75.8 cm³/mol. The van der Waals surface area contributed by atoms with Gasteiger partial charge in [-0.15, -0.1) is 0 Å². The average molecular weight is 326 g/mol. The third-order valence-corrected chi connectivity index (χ3v) is 3.87. The van der Waals surface area contributed by atoms with E-state index in [1.54, 1.807) is 0 Å². The summed E-state index contributed by atoms with van der Waals surface area (Å²) in [6.07, 6.45) is 0. The lowest BCUT2D eigenvalue weighted by Crippen LogP contribution is -2.19. The van der Waals surface area contributed by atoms with E-state index in [0.29, 0.717) is 0 Å². The van der Waals surface area contributed by atoms with E-state index in [4.69, 9.17) is 5.73 Å². The van der Waals surface area contributed by atoms with Crippen molar-refractivity contribution in [2.24, 2.45) is 5.73 Å². The molecule has 0 aliphatic carbocycles. The first-order valence-electron chi connectivity index (χ1n) is 5.95. The van der Waals surface area contributed by atoms with Crippen LogP contribution < -0.4 is 5.73 Å². The minimum Gasteiger partial charge on any atom is -0.323 e. The zero-order valence-electron chi connectivity index (χ0n) is 10.4. The number of nitrogens with two attached hydrogens (primary N) is 1. The molecule has 19 heavy (non-hydrogen) atoms. The molecule has 2 unspecified atom stereocenters. The molecule has 0 spiro atoms. The van der Waals surface area contributed by atoms with Crippen LogP contribution in [0.2, 0.25) is 0 Å². The van der Waals surface area contributed by atoms with Gasteiger partial charge in [-0.3, -0.25) is 0 Å². The van der Waals surface area contributed by atoms with Crippen LogP contribution in [0.3, 0.4) is 0 Å². The molecule has 0 bridgehead atoms. The van der Waals surface area contributed by atoms with Gasteiger partial charge in [-0.25, -0.2) is 8.78 Å². The predicted octanol–water partition coefficient (Wildman–Crippen LogP) is 4.53. The molecule has 2 N–H and O–H groups in total. The molecule has 0 saturated carbocycles. The van der Waals surface area contributed by atoms with Gasteiger partial charge in [0.25, 0.3) is 0 Å². The molecule has 0 aliphatic rings. The van der Waals surface area contributed by atoms with Gasteiger partial charge in [0.2, 0.25) is 0 Å². The van der Waals surface area contributed by atoms with Crippen LogP contribution in [0.1, 0.15) is 30.0 Å². The van der Waals surface area contributed by atoms with Gasteiger partial charge in [0.05, 0.1) is 4.47 Å². The van der Waals surface area contributed by atoms with Crippen molar-refractivity contribution in [2.45, 2.75) is 18.9 Å². The normalized spacial score (nSPS) is 14.2. The van der Waals surface area contributed by atoms with Crippen LogP contribution in [0, 0.1) is 11.6 Å². The van der Waals surface area contributed by atoms with Gasteiger partial charge in [-0.1, -0.05) is 37.3 Å². The van der Waals surface area contributed by atoms with Gasteiger partial charge in [0.15, 0.2) is 0 Å². The summed E-state index contributed by atoms with van der Waals surface area (Å²) in [6.45, 7) is 1.90. The third kappa shape index (κ3) is 3.01. The number of benzene rings is 2. The van der Waals surface area contributed by atoms with Crippen LogP contribution in [0.25, 0.3) is 0 Å². The molecule has 4 heteroatoms. The van der Waals surface area contributed by atoms with E-state index in [1.165, 1.54) is 0 Å². The summed E-state index contributed by atoms with van der Waals surface area (Å²) in [5.41, 5.74) is 7.26. The fourth-order valence-electron chi connectivity index (χ4n) is 2.03. The number of halogens is 3. The van der Waals surface area contributed by atoms with E-state index in [9.17, 15) is 8.78 Å². The van der Waals surface area contributed by atoms with Crippen molar-refractivity contribution in [1.82, 2.24) is 0 Å². The van der Waals surface area contributed by atoms with Crippen molar-refractivity contribution < 1.29 is 8.78 Å². The highest BCUT2D eigenvalue weighted by atomic mass is 79.9. The summed E-state index contributed by atoms with van der Waals surface area (Å²) < 4.78 is 27.5. The maximum Gasteiger partial charge on any atom is 0.137 e. The van der Waals surface area contributed by atoms with Crippen LogP contribution >= 0.6 is 15.9 Å². The van der Waals surface area contributed by atoms with Crippen molar-refractivity contribution in [2.75, 3.05) is 0 Å². The minimum absolute atomic E-state index is 0.101. The second-order valence-electron chi connectivity index (χ2n) is 4.51. The molecule has 0 radical (unpaired) electrons. The summed E-state index contributed by atoms with van der Waals surface area (Å²) in [6, 6.07) is 11.2. The number of hydrogen-bond acceptors (Lipinski definition) is 1. The highest BCUT2D eigenvalue weighted by Gasteiger charge is 2.21. The molecule has 2 atom stereocenters. The van der Waals surface area contributed by atoms with Crippen molar-refractivity contribution in [3.63, 3.8) is 0 Å². The fourth-order valence-corrected chi connectivity index (χ4v) is 2.34. The lowest BCUT2D eigenvalue weighted by Gasteiger charge is -2.21. The average Bonchev–Trinajstić information content (AvgIpc) is 2.42. The summed E-state index contributed by atoms with van der Waals surface area (Å²) >= 11 is 2.96. The summed E-state index contributed by atoms with van der Waals surface area (Å²) in [4.78, 5) is 0. The highest BCUT2D eigenvalue weighted by Crippen LogP contribution is 2.32. The molecule has 2 aromatic carbocycles. The Bertz CT molecular complexity index is 572. The zero-order valence-corrected chi connectivity index (χ0v) is 12.0. The quantitative estimate of drug-likeness (QED) is 0.824. The largest absolute Gasteiger partial charge is 0.323 e. The van der Waals surface area contributed by atoms with Crippen molar-refractivity contribution >= 4 is 15.9 Å². The Labute approximate surface area is 119 Å². The van der Waals surface area contributed by atoms with E-state index in [-0.39, 0.29) is 16.0 Å². The minimum atomic E-state index is -0.593. The van der Waals surface area contributed by atoms with E-state index < -0.39 is 17.7 Å². The Morgan fingerprint density at radius 1 is 1.05 bits per heavy atom. The van der Waals surface area contributed by atoms with Gasteiger partial charge in [-0.05, 0) is 33.6 Å². The maximum atomic E-state index is 13.9. The Morgan fingerprint density at radius 2 is 1.68 bits per heavy atom. The number of hydrogen-bond donors (Lipinski definition) is 1. The Morgan fingerprint density at radius 3 is 2.32 bits per heavy atom. The molecule has 0 fully saturated rings. The molecule has 0 amide bonds. The molecular weight excluding hydrogens is 312 g/mol. The molecule has 0 heterocycles. The molecule has 100 valence electrons. The Kier molecular flexibility index (Phi) is 4.32. The van der Waals surface area contributed by atoms with Crippen LogP contribution in [0.5, 0.6) is 0 Å². The number of rotatable bonds is 3. The maximum absolute atomic E-state index is 13.9. The van der Waals surface area contributed by atoms with Crippen molar-refractivity contribution in [3.8, 4) is 0 Å². The summed E-state index contributed by atoms with van der Waals surface area (Å²) in [7, 11) is 0. The SMILES string of the molecule is CC(c1ccccc1)C(N)c1cc(F)c(Br)cc1F. The topological polar surface area (TPSA) is 26.0 Å². The molecule has 1 nitrogen and oxygen atoms in total. The van der Waals surface area contributed by atoms with Gasteiger partial charge in [0.1, 0.15) is 11.6 Å². The van der Waals surface area contributed by atoms with Gasteiger partial charge in [-0.2, -0.15) is 0 Å². The molecule has 0 saturated heterocycles. The molecule has 2 aromatic rings. The van der Waals surface area contributed by atoms with E-state index in [0.717, 1.165) is 17.7 Å². The molecule has 0 aliphatic heterocycles. The molecular formula is C15H14BrF2N. The zero-order chi connectivity index (χ0) is 14.0. The highest BCUT2D eigenvalue weighted by molar-refractivity contribution is 9.10. The summed E-state index contributed by atoms with van der Waals surface area (Å²) in [5, 5.41) is 0. The second-order valence-corrected chi connectivity index (χ2v) is 5.37. The van der Waals surface area contributed by atoms with Crippen molar-refractivity contribution in [1.29, 1.82) is 0 Å². The van der Waals surface area contributed by atoms with E-state index in [2.05, 4.69) is 15.9 Å². The van der Waals surface area contributed by atoms with E-state index >= 15 is 0 Å². The lowest BCUT2D eigenvalue weighted by molar-refractivity contribution is 0.526. The second kappa shape index (κ2) is 5.80. The van der Waals surface area contributed by atoms with Gasteiger partial charge < -0.3 is 5.73 Å². The molecule has 0 aromatic heterocycles. The summed E-state index contributed by atoms with van der Waals surface area (Å²) in [5.74, 6) is -1.10. The fraction of sp³-hybridized carbons (Fsp3) is 0.200. The van der Waals surface area contributed by atoms with Crippen LogP contribution in [-0.4, -0.2) is 0 Å². The van der Waals surface area contributed by atoms with Crippen LogP contribution in [0.15, 0.2) is 46.9 Å². The first kappa shape index (κ1) is 14.2. The lowest BCUT2D eigenvalue weighted by atomic mass is 9.89. The standard InChI is InChI=1S/C15H14BrF2N/c1-9(10-5-3-2-4-6-10)15(19)11-7-14(18)12(16)8-13(11)17/h2-9,15H,19H2,1H3.